The number of hydrazone groups is 1. The maximum atomic E-state index is 12.8. The van der Waals surface area contributed by atoms with Crippen LogP contribution in [0.3, 0.4) is 0 Å². The largest absolute Gasteiger partial charge is 0.317 e. The summed E-state index contributed by atoms with van der Waals surface area (Å²) in [6.07, 6.45) is 4.51. The molecule has 7 heteroatoms. The Morgan fingerprint density at radius 2 is 1.75 bits per heavy atom. The highest BCUT2D eigenvalue weighted by Gasteiger charge is 2.37. The van der Waals surface area contributed by atoms with E-state index in [9.17, 15) is 4.79 Å². The van der Waals surface area contributed by atoms with Gasteiger partial charge in [-0.15, -0.1) is 0 Å². The molecule has 2 aliphatic heterocycles. The van der Waals surface area contributed by atoms with Crippen molar-refractivity contribution in [1.29, 1.82) is 5.41 Å². The van der Waals surface area contributed by atoms with E-state index in [1.54, 1.807) is 6.08 Å². The second kappa shape index (κ2) is 8.43. The molecule has 0 saturated heterocycles. The standard InChI is InChI=1S/C25H21N5OS/c1-2-20(17-10-5-3-6-11-17)24-28-30-22(26)21(23(31)27-25(30)32-24)16-19-14-9-15-29(19)18-12-7-4-8-13-18/h3-16,20,26H,2H2,1H3/b21-16+,26-22?/t20-/m0/s1. The summed E-state index contributed by atoms with van der Waals surface area (Å²) >= 11 is 1.37. The monoisotopic (exact) mass is 439 g/mol. The first-order chi connectivity index (χ1) is 15.7. The van der Waals surface area contributed by atoms with Crippen LogP contribution < -0.4 is 0 Å². The van der Waals surface area contributed by atoms with Gasteiger partial charge in [-0.3, -0.25) is 10.2 Å². The maximum absolute atomic E-state index is 12.8. The third-order valence-corrected chi connectivity index (χ3v) is 6.51. The summed E-state index contributed by atoms with van der Waals surface area (Å²) in [7, 11) is 0. The fourth-order valence-corrected chi connectivity index (χ4v) is 4.97. The van der Waals surface area contributed by atoms with Crippen molar-refractivity contribution in [2.45, 2.75) is 19.3 Å². The van der Waals surface area contributed by atoms with E-state index in [2.05, 4.69) is 24.0 Å². The highest BCUT2D eigenvalue weighted by Crippen LogP contribution is 2.36. The van der Waals surface area contributed by atoms with E-state index in [1.807, 2.05) is 71.4 Å². The number of hydrogen-bond donors (Lipinski definition) is 1. The van der Waals surface area contributed by atoms with Gasteiger partial charge in [0.2, 0.25) is 5.17 Å². The molecule has 1 aromatic heterocycles. The number of rotatable bonds is 5. The summed E-state index contributed by atoms with van der Waals surface area (Å²) in [6.45, 7) is 2.11. The lowest BCUT2D eigenvalue weighted by Crippen LogP contribution is -2.35. The summed E-state index contributed by atoms with van der Waals surface area (Å²) in [5.41, 5.74) is 3.17. The summed E-state index contributed by atoms with van der Waals surface area (Å²) < 4.78 is 1.97. The molecule has 0 saturated carbocycles. The Balaban J connectivity index is 1.48. The summed E-state index contributed by atoms with van der Waals surface area (Å²) in [6, 6.07) is 23.9. The number of para-hydroxylation sites is 1. The Bertz CT molecular complexity index is 1270. The van der Waals surface area contributed by atoms with Crippen LogP contribution in [0.1, 0.15) is 30.5 Å². The lowest BCUT2D eigenvalue weighted by Gasteiger charge is -2.20. The fraction of sp³-hybridized carbons (Fsp3) is 0.120. The quantitative estimate of drug-likeness (QED) is 0.549. The molecule has 5 rings (SSSR count). The Morgan fingerprint density at radius 1 is 1.03 bits per heavy atom. The van der Waals surface area contributed by atoms with Crippen LogP contribution in [0.25, 0.3) is 11.8 Å². The molecule has 0 unspecified atom stereocenters. The van der Waals surface area contributed by atoms with E-state index in [1.165, 1.54) is 16.8 Å². The normalized spacial score (nSPS) is 17.9. The number of amidine groups is 2. The van der Waals surface area contributed by atoms with E-state index >= 15 is 0 Å². The summed E-state index contributed by atoms with van der Waals surface area (Å²) in [5.74, 6) is -0.273. The third kappa shape index (κ3) is 3.61. The van der Waals surface area contributed by atoms with Crippen LogP contribution in [0, 0.1) is 5.41 Å². The van der Waals surface area contributed by atoms with Crippen molar-refractivity contribution in [3.8, 4) is 5.69 Å². The predicted octanol–water partition coefficient (Wildman–Crippen LogP) is 5.29. The van der Waals surface area contributed by atoms with E-state index in [4.69, 9.17) is 10.5 Å². The van der Waals surface area contributed by atoms with Gasteiger partial charge in [-0.2, -0.15) is 15.1 Å². The average molecular weight is 440 g/mol. The third-order valence-electron chi connectivity index (χ3n) is 5.49. The minimum absolute atomic E-state index is 0.0474. The Morgan fingerprint density at radius 3 is 2.47 bits per heavy atom. The van der Waals surface area contributed by atoms with Gasteiger partial charge in [0.25, 0.3) is 5.91 Å². The van der Waals surface area contributed by atoms with Gasteiger partial charge in [0.15, 0.2) is 5.84 Å². The number of carbonyl (C=O) groups is 1. The van der Waals surface area contributed by atoms with Crippen molar-refractivity contribution in [3.05, 3.63) is 95.8 Å². The average Bonchev–Trinajstić information content (AvgIpc) is 3.46. The molecule has 0 spiro atoms. The Hall–Kier alpha value is -3.71. The first-order valence-corrected chi connectivity index (χ1v) is 11.2. The smallest absolute Gasteiger partial charge is 0.283 e. The van der Waals surface area contributed by atoms with Crippen molar-refractivity contribution < 1.29 is 4.79 Å². The van der Waals surface area contributed by atoms with E-state index in [0.29, 0.717) is 5.17 Å². The molecule has 3 heterocycles. The number of fused-ring (bicyclic) bond motifs is 1. The molecular weight excluding hydrogens is 418 g/mol. The molecular formula is C25H21N5OS. The predicted molar refractivity (Wildman–Crippen MR) is 130 cm³/mol. The maximum Gasteiger partial charge on any atom is 0.283 e. The van der Waals surface area contributed by atoms with E-state index in [-0.39, 0.29) is 17.3 Å². The van der Waals surface area contributed by atoms with Crippen LogP contribution in [0.2, 0.25) is 0 Å². The van der Waals surface area contributed by atoms with Crippen molar-refractivity contribution in [1.82, 2.24) is 9.58 Å². The lowest BCUT2D eigenvalue weighted by atomic mass is 9.98. The van der Waals surface area contributed by atoms with Crippen molar-refractivity contribution in [2.24, 2.45) is 10.1 Å². The van der Waals surface area contributed by atoms with Crippen LogP contribution in [0.5, 0.6) is 0 Å². The molecule has 1 N–H and O–H groups in total. The summed E-state index contributed by atoms with van der Waals surface area (Å²) in [4.78, 5) is 17.1. The molecule has 1 atom stereocenters. The molecule has 0 radical (unpaired) electrons. The Kier molecular flexibility index (Phi) is 5.33. The SMILES string of the molecule is CC[C@H](C1=NN2C(=N)/C(=C\c3cccn3-c3ccccc3)C(=O)N=C2S1)c1ccccc1. The molecule has 0 bridgehead atoms. The zero-order chi connectivity index (χ0) is 22.1. The first kappa shape index (κ1) is 20.2. The molecule has 1 amide bonds. The van der Waals surface area contributed by atoms with Gasteiger partial charge in [-0.1, -0.05) is 55.5 Å². The molecule has 6 nitrogen and oxygen atoms in total. The first-order valence-electron chi connectivity index (χ1n) is 10.4. The zero-order valence-corrected chi connectivity index (χ0v) is 18.3. The highest BCUT2D eigenvalue weighted by atomic mass is 32.2. The van der Waals surface area contributed by atoms with Crippen molar-refractivity contribution in [3.63, 3.8) is 0 Å². The van der Waals surface area contributed by atoms with Gasteiger partial charge in [0.1, 0.15) is 5.04 Å². The van der Waals surface area contributed by atoms with E-state index in [0.717, 1.165) is 28.4 Å². The topological polar surface area (TPSA) is 73.8 Å². The van der Waals surface area contributed by atoms with Crippen LogP contribution in [-0.2, 0) is 4.79 Å². The zero-order valence-electron chi connectivity index (χ0n) is 17.5. The molecule has 2 aliphatic rings. The highest BCUT2D eigenvalue weighted by molar-refractivity contribution is 8.27. The van der Waals surface area contributed by atoms with Crippen LogP contribution in [-0.4, -0.2) is 31.5 Å². The number of aromatic nitrogens is 1. The number of thioether (sulfide) groups is 1. The van der Waals surface area contributed by atoms with Crippen molar-refractivity contribution in [2.75, 3.05) is 0 Å². The lowest BCUT2D eigenvalue weighted by molar-refractivity contribution is -0.114. The molecule has 2 aromatic carbocycles. The summed E-state index contributed by atoms with van der Waals surface area (Å²) in [5, 5.41) is 16.2. The fourth-order valence-electron chi connectivity index (χ4n) is 3.87. The number of nitrogens with one attached hydrogen (secondary N) is 1. The van der Waals surface area contributed by atoms with Gasteiger partial charge in [-0.25, -0.2) is 0 Å². The number of amides is 1. The minimum Gasteiger partial charge on any atom is -0.317 e. The molecule has 3 aromatic rings. The number of hydrogen-bond acceptors (Lipinski definition) is 4. The van der Waals surface area contributed by atoms with Gasteiger partial charge >= 0.3 is 0 Å². The van der Waals surface area contributed by atoms with Gasteiger partial charge in [-0.05, 0) is 54.1 Å². The van der Waals surface area contributed by atoms with Crippen LogP contribution in [0.4, 0.5) is 0 Å². The second-order valence-electron chi connectivity index (χ2n) is 7.47. The number of aliphatic imine (C=N–C) groups is 1. The minimum atomic E-state index is -0.418. The second-order valence-corrected chi connectivity index (χ2v) is 8.46. The van der Waals surface area contributed by atoms with Gasteiger partial charge in [0.05, 0.1) is 5.57 Å². The number of benzene rings is 2. The van der Waals surface area contributed by atoms with Gasteiger partial charge in [0, 0.05) is 23.5 Å². The van der Waals surface area contributed by atoms with E-state index < -0.39 is 5.91 Å². The number of carbonyl (C=O) groups excluding carboxylic acids is 1. The van der Waals surface area contributed by atoms with Crippen molar-refractivity contribution >= 4 is 39.8 Å². The van der Waals surface area contributed by atoms with Crippen LogP contribution in [0.15, 0.2) is 94.7 Å². The Labute approximate surface area is 190 Å². The molecule has 0 aliphatic carbocycles. The van der Waals surface area contributed by atoms with Gasteiger partial charge < -0.3 is 4.57 Å². The number of nitrogens with zero attached hydrogens (tertiary/aromatic N) is 4. The molecule has 158 valence electrons. The van der Waals surface area contributed by atoms with Crippen LogP contribution >= 0.6 is 11.8 Å². The molecule has 0 fully saturated rings. The molecule has 32 heavy (non-hydrogen) atoms.